The molecule has 0 spiro atoms. The van der Waals surface area contributed by atoms with Gasteiger partial charge in [-0.05, 0) is 38.5 Å². The topological polar surface area (TPSA) is 29.9 Å². The molecule has 1 aromatic heterocycles. The Bertz CT molecular complexity index is 646. The minimum atomic E-state index is -0.438. The van der Waals surface area contributed by atoms with Crippen LogP contribution in [0.5, 0.6) is 0 Å². The van der Waals surface area contributed by atoms with Crippen molar-refractivity contribution in [2.45, 2.75) is 26.4 Å². The number of hydrogen-bond donors (Lipinski definition) is 1. The second-order valence-corrected chi connectivity index (χ2v) is 5.88. The van der Waals surface area contributed by atoms with E-state index in [4.69, 9.17) is 0 Å². The molecule has 3 nitrogen and oxygen atoms in total. The lowest BCUT2D eigenvalue weighted by molar-refractivity contribution is 0.366. The SMILES string of the molecule is Cc1c(Br)cc(F)c2c1-c1ccnn1C(C)(C)N2. The fraction of sp³-hybridized carbons (Fsp3) is 0.308. The molecule has 1 aliphatic heterocycles. The van der Waals surface area contributed by atoms with Crippen molar-refractivity contribution < 1.29 is 4.39 Å². The number of aromatic nitrogens is 2. The van der Waals surface area contributed by atoms with Gasteiger partial charge in [0.15, 0.2) is 0 Å². The Kier molecular flexibility index (Phi) is 2.32. The van der Waals surface area contributed by atoms with Crippen molar-refractivity contribution in [2.24, 2.45) is 0 Å². The number of halogens is 2. The average molecular weight is 310 g/mol. The lowest BCUT2D eigenvalue weighted by atomic mass is 9.98. The molecule has 5 heteroatoms. The number of hydrogen-bond acceptors (Lipinski definition) is 2. The number of fused-ring (bicyclic) bond motifs is 3. The number of nitrogens with one attached hydrogen (secondary N) is 1. The first-order valence-corrected chi connectivity index (χ1v) is 6.53. The van der Waals surface area contributed by atoms with E-state index in [1.165, 1.54) is 6.07 Å². The zero-order chi connectivity index (χ0) is 13.1. The van der Waals surface area contributed by atoms with Crippen LogP contribution in [0, 0.1) is 12.7 Å². The van der Waals surface area contributed by atoms with Crippen LogP contribution in [-0.4, -0.2) is 9.78 Å². The molecule has 3 rings (SSSR count). The Morgan fingerprint density at radius 2 is 2.17 bits per heavy atom. The summed E-state index contributed by atoms with van der Waals surface area (Å²) in [5.74, 6) is -0.247. The molecule has 1 aliphatic rings. The van der Waals surface area contributed by atoms with Crippen LogP contribution in [0.4, 0.5) is 10.1 Å². The van der Waals surface area contributed by atoms with Crippen molar-refractivity contribution in [1.82, 2.24) is 9.78 Å². The van der Waals surface area contributed by atoms with Crippen LogP contribution in [0.15, 0.2) is 22.8 Å². The van der Waals surface area contributed by atoms with E-state index in [0.717, 1.165) is 21.3 Å². The first kappa shape index (κ1) is 11.7. The van der Waals surface area contributed by atoms with Gasteiger partial charge >= 0.3 is 0 Å². The highest BCUT2D eigenvalue weighted by molar-refractivity contribution is 9.10. The summed E-state index contributed by atoms with van der Waals surface area (Å²) < 4.78 is 16.8. The highest BCUT2D eigenvalue weighted by Gasteiger charge is 2.33. The first-order valence-electron chi connectivity index (χ1n) is 5.73. The standard InChI is InChI=1S/C13H13BrFN3/c1-7-8(14)6-9(15)12-11(7)10-4-5-16-18(10)13(2,3)17-12/h4-6,17H,1-3H3. The molecular weight excluding hydrogens is 297 g/mol. The molecule has 0 fully saturated rings. The zero-order valence-electron chi connectivity index (χ0n) is 10.4. The molecule has 1 N–H and O–H groups in total. The lowest BCUT2D eigenvalue weighted by Crippen LogP contribution is -2.40. The fourth-order valence-electron chi connectivity index (χ4n) is 2.46. The number of nitrogens with zero attached hydrogens (tertiary/aromatic N) is 2. The molecule has 0 saturated heterocycles. The minimum Gasteiger partial charge on any atom is -0.359 e. The van der Waals surface area contributed by atoms with Crippen LogP contribution < -0.4 is 5.32 Å². The van der Waals surface area contributed by atoms with E-state index in [-0.39, 0.29) is 5.82 Å². The number of anilines is 1. The van der Waals surface area contributed by atoms with E-state index in [1.807, 2.05) is 31.5 Å². The molecule has 0 amide bonds. The summed E-state index contributed by atoms with van der Waals surface area (Å²) in [5, 5.41) is 7.54. The van der Waals surface area contributed by atoms with Gasteiger partial charge in [-0.2, -0.15) is 5.10 Å². The Balaban J connectivity index is 2.41. The Morgan fingerprint density at radius 3 is 2.89 bits per heavy atom. The lowest BCUT2D eigenvalue weighted by Gasteiger charge is -2.36. The third-order valence-corrected chi connectivity index (χ3v) is 4.16. The van der Waals surface area contributed by atoms with Gasteiger partial charge in [0.2, 0.25) is 0 Å². The molecule has 0 atom stereocenters. The molecule has 0 unspecified atom stereocenters. The van der Waals surface area contributed by atoms with E-state index in [9.17, 15) is 4.39 Å². The quantitative estimate of drug-likeness (QED) is 0.800. The van der Waals surface area contributed by atoms with Crippen molar-refractivity contribution in [3.63, 3.8) is 0 Å². The molecule has 18 heavy (non-hydrogen) atoms. The molecule has 1 aromatic carbocycles. The second-order valence-electron chi connectivity index (χ2n) is 5.03. The summed E-state index contributed by atoms with van der Waals surface area (Å²) in [6.07, 6.45) is 1.74. The third-order valence-electron chi connectivity index (χ3n) is 3.33. The van der Waals surface area contributed by atoms with Crippen molar-refractivity contribution in [1.29, 1.82) is 0 Å². The van der Waals surface area contributed by atoms with Crippen LogP contribution in [0.2, 0.25) is 0 Å². The Morgan fingerprint density at radius 1 is 1.44 bits per heavy atom. The summed E-state index contributed by atoms with van der Waals surface area (Å²) in [5.41, 5.74) is 2.93. The van der Waals surface area contributed by atoms with Crippen LogP contribution in [0.1, 0.15) is 19.4 Å². The zero-order valence-corrected chi connectivity index (χ0v) is 12.0. The molecule has 0 bridgehead atoms. The molecule has 94 valence electrons. The van der Waals surface area contributed by atoms with E-state index in [2.05, 4.69) is 26.3 Å². The van der Waals surface area contributed by atoms with E-state index in [1.54, 1.807) is 6.20 Å². The van der Waals surface area contributed by atoms with Gasteiger partial charge in [-0.25, -0.2) is 9.07 Å². The Labute approximate surface area is 113 Å². The van der Waals surface area contributed by atoms with Crippen LogP contribution in [-0.2, 0) is 5.66 Å². The van der Waals surface area contributed by atoms with Crippen LogP contribution in [0.25, 0.3) is 11.3 Å². The van der Waals surface area contributed by atoms with Gasteiger partial charge in [0.05, 0.1) is 11.4 Å². The molecule has 2 heterocycles. The van der Waals surface area contributed by atoms with Crippen molar-refractivity contribution in [2.75, 3.05) is 5.32 Å². The summed E-state index contributed by atoms with van der Waals surface area (Å²) in [6.45, 7) is 5.92. The monoisotopic (exact) mass is 309 g/mol. The number of rotatable bonds is 0. The summed E-state index contributed by atoms with van der Waals surface area (Å²) in [7, 11) is 0. The second kappa shape index (κ2) is 3.57. The highest BCUT2D eigenvalue weighted by atomic mass is 79.9. The van der Waals surface area contributed by atoms with E-state index >= 15 is 0 Å². The van der Waals surface area contributed by atoms with E-state index < -0.39 is 5.66 Å². The van der Waals surface area contributed by atoms with Gasteiger partial charge < -0.3 is 5.32 Å². The fourth-order valence-corrected chi connectivity index (χ4v) is 2.86. The van der Waals surface area contributed by atoms with Gasteiger partial charge in [-0.15, -0.1) is 0 Å². The predicted molar refractivity (Wildman–Crippen MR) is 73.0 cm³/mol. The maximum atomic E-state index is 14.1. The maximum Gasteiger partial charge on any atom is 0.148 e. The molecule has 0 aliphatic carbocycles. The smallest absolute Gasteiger partial charge is 0.148 e. The van der Waals surface area contributed by atoms with Crippen LogP contribution >= 0.6 is 15.9 Å². The van der Waals surface area contributed by atoms with Crippen molar-refractivity contribution >= 4 is 21.6 Å². The average Bonchev–Trinajstić information content (AvgIpc) is 2.75. The first-order chi connectivity index (χ1) is 8.42. The highest BCUT2D eigenvalue weighted by Crippen LogP contribution is 2.43. The summed E-state index contributed by atoms with van der Waals surface area (Å²) in [4.78, 5) is 0. The third kappa shape index (κ3) is 1.43. The van der Waals surface area contributed by atoms with Crippen molar-refractivity contribution in [3.05, 3.63) is 34.2 Å². The normalized spacial score (nSPS) is 15.8. The molecule has 0 radical (unpaired) electrons. The van der Waals surface area contributed by atoms with Crippen LogP contribution in [0.3, 0.4) is 0 Å². The van der Waals surface area contributed by atoms with Gasteiger partial charge in [0, 0.05) is 16.2 Å². The van der Waals surface area contributed by atoms with Gasteiger partial charge in [0.1, 0.15) is 11.5 Å². The Hall–Kier alpha value is -1.36. The predicted octanol–water partition coefficient (Wildman–Crippen LogP) is 3.88. The summed E-state index contributed by atoms with van der Waals surface area (Å²) in [6, 6.07) is 3.42. The molecular formula is C13H13BrFN3. The van der Waals surface area contributed by atoms with E-state index in [0.29, 0.717) is 5.69 Å². The molecule has 2 aromatic rings. The van der Waals surface area contributed by atoms with Gasteiger partial charge in [-0.3, -0.25) is 0 Å². The summed E-state index contributed by atoms with van der Waals surface area (Å²) >= 11 is 3.40. The van der Waals surface area contributed by atoms with Crippen molar-refractivity contribution in [3.8, 4) is 11.3 Å². The maximum absolute atomic E-state index is 14.1. The molecule has 0 saturated carbocycles. The number of benzene rings is 1. The largest absolute Gasteiger partial charge is 0.359 e. The minimum absolute atomic E-state index is 0.247. The van der Waals surface area contributed by atoms with Gasteiger partial charge in [-0.1, -0.05) is 15.9 Å². The van der Waals surface area contributed by atoms with Gasteiger partial charge in [0.25, 0.3) is 0 Å².